The molecule has 0 aliphatic rings. The maximum Gasteiger partial charge on any atom is 0.320 e. The van der Waals surface area contributed by atoms with Crippen LogP contribution in [0.25, 0.3) is 0 Å². The van der Waals surface area contributed by atoms with Crippen LogP contribution in [0.15, 0.2) is 60.7 Å². The van der Waals surface area contributed by atoms with Gasteiger partial charge >= 0.3 is 5.97 Å². The third-order valence-electron chi connectivity index (χ3n) is 3.20. The predicted molar refractivity (Wildman–Crippen MR) is 80.0 cm³/mol. The number of aliphatic carboxylic acids is 1. The number of carboxylic acid groups (broad SMARTS) is 1. The van der Waals surface area contributed by atoms with E-state index in [1.54, 1.807) is 30.3 Å². The second-order valence-electron chi connectivity index (χ2n) is 4.71. The highest BCUT2D eigenvalue weighted by Crippen LogP contribution is 2.15. The van der Waals surface area contributed by atoms with Gasteiger partial charge in [0.15, 0.2) is 5.92 Å². The minimum absolute atomic E-state index is 0.416. The monoisotopic (exact) mass is 283 g/mol. The number of benzene rings is 2. The van der Waals surface area contributed by atoms with Gasteiger partial charge in [-0.25, -0.2) is 0 Å². The zero-order chi connectivity index (χ0) is 15.1. The average Bonchev–Trinajstić information content (AvgIpc) is 2.49. The van der Waals surface area contributed by atoms with Gasteiger partial charge in [-0.05, 0) is 17.5 Å². The van der Waals surface area contributed by atoms with E-state index in [0.29, 0.717) is 18.5 Å². The molecule has 2 rings (SSSR count). The van der Waals surface area contributed by atoms with E-state index in [0.717, 1.165) is 5.56 Å². The Morgan fingerprint density at radius 1 is 0.952 bits per heavy atom. The number of hydrogen-bond donors (Lipinski definition) is 2. The summed E-state index contributed by atoms with van der Waals surface area (Å²) >= 11 is 0. The first-order chi connectivity index (χ1) is 10.2. The van der Waals surface area contributed by atoms with Crippen LogP contribution < -0.4 is 5.32 Å². The van der Waals surface area contributed by atoms with Crippen molar-refractivity contribution in [3.05, 3.63) is 71.8 Å². The normalized spacial score (nSPS) is 11.6. The summed E-state index contributed by atoms with van der Waals surface area (Å²) in [5.74, 6) is -2.79. The van der Waals surface area contributed by atoms with Crippen molar-refractivity contribution in [1.82, 2.24) is 5.32 Å². The van der Waals surface area contributed by atoms with Gasteiger partial charge in [0, 0.05) is 6.54 Å². The highest BCUT2D eigenvalue weighted by molar-refractivity contribution is 6.02. The summed E-state index contributed by atoms with van der Waals surface area (Å²) in [7, 11) is 0. The molecule has 108 valence electrons. The molecule has 0 aliphatic heterocycles. The largest absolute Gasteiger partial charge is 0.480 e. The first-order valence-corrected chi connectivity index (χ1v) is 6.78. The first kappa shape index (κ1) is 14.8. The molecule has 1 amide bonds. The van der Waals surface area contributed by atoms with Crippen LogP contribution in [0.3, 0.4) is 0 Å². The molecular formula is C17H17NO3. The highest BCUT2D eigenvalue weighted by Gasteiger charge is 2.27. The smallest absolute Gasteiger partial charge is 0.320 e. The van der Waals surface area contributed by atoms with E-state index in [1.807, 2.05) is 30.3 Å². The van der Waals surface area contributed by atoms with Crippen LogP contribution in [0.1, 0.15) is 17.0 Å². The van der Waals surface area contributed by atoms with Gasteiger partial charge in [0.05, 0.1) is 0 Å². The van der Waals surface area contributed by atoms with Gasteiger partial charge < -0.3 is 10.4 Å². The fourth-order valence-corrected chi connectivity index (χ4v) is 2.13. The van der Waals surface area contributed by atoms with E-state index in [-0.39, 0.29) is 0 Å². The molecule has 4 nitrogen and oxygen atoms in total. The summed E-state index contributed by atoms with van der Waals surface area (Å²) in [6.07, 6.45) is 0.674. The molecule has 0 heterocycles. The second kappa shape index (κ2) is 7.24. The summed E-state index contributed by atoms with van der Waals surface area (Å²) < 4.78 is 0. The van der Waals surface area contributed by atoms with Crippen LogP contribution in [0.4, 0.5) is 0 Å². The number of carbonyl (C=O) groups is 2. The zero-order valence-corrected chi connectivity index (χ0v) is 11.5. The topological polar surface area (TPSA) is 66.4 Å². The molecule has 0 radical (unpaired) electrons. The molecule has 2 N–H and O–H groups in total. The van der Waals surface area contributed by atoms with Crippen LogP contribution in [0, 0.1) is 0 Å². The predicted octanol–water partition coefficient (Wildman–Crippen LogP) is 2.21. The van der Waals surface area contributed by atoms with Crippen molar-refractivity contribution < 1.29 is 14.7 Å². The van der Waals surface area contributed by atoms with Crippen molar-refractivity contribution >= 4 is 11.9 Å². The standard InChI is InChI=1S/C17H17NO3/c19-16(18-12-11-13-7-3-1-4-8-13)15(17(20)21)14-9-5-2-6-10-14/h1-10,15H,11-12H2,(H,18,19)(H,20,21). The van der Waals surface area contributed by atoms with Crippen molar-refractivity contribution in [2.75, 3.05) is 6.54 Å². The van der Waals surface area contributed by atoms with Gasteiger partial charge in [-0.15, -0.1) is 0 Å². The van der Waals surface area contributed by atoms with E-state index in [4.69, 9.17) is 0 Å². The van der Waals surface area contributed by atoms with Crippen LogP contribution in [-0.4, -0.2) is 23.5 Å². The lowest BCUT2D eigenvalue weighted by molar-refractivity contribution is -0.143. The van der Waals surface area contributed by atoms with Crippen molar-refractivity contribution in [3.8, 4) is 0 Å². The molecule has 0 fully saturated rings. The number of nitrogens with one attached hydrogen (secondary N) is 1. The fraction of sp³-hybridized carbons (Fsp3) is 0.176. The lowest BCUT2D eigenvalue weighted by Crippen LogP contribution is -2.34. The SMILES string of the molecule is O=C(O)C(C(=O)NCCc1ccccc1)c1ccccc1. The fourth-order valence-electron chi connectivity index (χ4n) is 2.13. The van der Waals surface area contributed by atoms with E-state index >= 15 is 0 Å². The van der Waals surface area contributed by atoms with Gasteiger partial charge in [0.25, 0.3) is 0 Å². The third-order valence-corrected chi connectivity index (χ3v) is 3.20. The van der Waals surface area contributed by atoms with Crippen molar-refractivity contribution in [1.29, 1.82) is 0 Å². The van der Waals surface area contributed by atoms with Gasteiger partial charge in [-0.1, -0.05) is 60.7 Å². The Bertz CT molecular complexity index is 596. The van der Waals surface area contributed by atoms with Crippen molar-refractivity contribution in [2.45, 2.75) is 12.3 Å². The summed E-state index contributed by atoms with van der Waals surface area (Å²) in [6, 6.07) is 18.3. The zero-order valence-electron chi connectivity index (χ0n) is 11.5. The third kappa shape index (κ3) is 4.18. The Kier molecular flexibility index (Phi) is 5.10. The molecule has 4 heteroatoms. The number of carbonyl (C=O) groups excluding carboxylic acids is 1. The van der Waals surface area contributed by atoms with Gasteiger partial charge in [-0.3, -0.25) is 9.59 Å². The van der Waals surface area contributed by atoms with Crippen molar-refractivity contribution in [2.24, 2.45) is 0 Å². The van der Waals surface area contributed by atoms with E-state index < -0.39 is 17.8 Å². The molecule has 0 spiro atoms. The van der Waals surface area contributed by atoms with E-state index in [1.165, 1.54) is 0 Å². The average molecular weight is 283 g/mol. The Balaban J connectivity index is 1.95. The maximum absolute atomic E-state index is 12.1. The Hall–Kier alpha value is -2.62. The molecule has 1 unspecified atom stereocenters. The number of amides is 1. The highest BCUT2D eigenvalue weighted by atomic mass is 16.4. The van der Waals surface area contributed by atoms with Crippen LogP contribution in [0.2, 0.25) is 0 Å². The van der Waals surface area contributed by atoms with Gasteiger partial charge in [0.2, 0.25) is 5.91 Å². The molecule has 0 aliphatic carbocycles. The second-order valence-corrected chi connectivity index (χ2v) is 4.71. The van der Waals surface area contributed by atoms with E-state index in [9.17, 15) is 14.7 Å². The van der Waals surface area contributed by atoms with Gasteiger partial charge in [0.1, 0.15) is 0 Å². The van der Waals surface area contributed by atoms with Crippen LogP contribution in [0.5, 0.6) is 0 Å². The molecule has 2 aromatic rings. The van der Waals surface area contributed by atoms with Crippen LogP contribution in [-0.2, 0) is 16.0 Å². The van der Waals surface area contributed by atoms with E-state index in [2.05, 4.69) is 5.32 Å². The molecule has 0 aromatic heterocycles. The number of carboxylic acids is 1. The number of rotatable bonds is 6. The maximum atomic E-state index is 12.1. The summed E-state index contributed by atoms with van der Waals surface area (Å²) in [6.45, 7) is 0.416. The van der Waals surface area contributed by atoms with Crippen molar-refractivity contribution in [3.63, 3.8) is 0 Å². The Labute approximate surface area is 123 Å². The quantitative estimate of drug-likeness (QED) is 0.799. The minimum atomic E-state index is -1.16. The first-order valence-electron chi connectivity index (χ1n) is 6.78. The summed E-state index contributed by atoms with van der Waals surface area (Å²) in [4.78, 5) is 23.4. The Morgan fingerprint density at radius 2 is 1.52 bits per heavy atom. The summed E-state index contributed by atoms with van der Waals surface area (Å²) in [5, 5.41) is 11.9. The Morgan fingerprint density at radius 3 is 2.10 bits per heavy atom. The molecule has 0 saturated carbocycles. The minimum Gasteiger partial charge on any atom is -0.480 e. The number of hydrogen-bond acceptors (Lipinski definition) is 2. The van der Waals surface area contributed by atoms with Crippen LogP contribution >= 0.6 is 0 Å². The molecule has 1 atom stereocenters. The lowest BCUT2D eigenvalue weighted by Gasteiger charge is -2.13. The summed E-state index contributed by atoms with van der Waals surface area (Å²) in [5.41, 5.74) is 1.59. The molecule has 21 heavy (non-hydrogen) atoms. The lowest BCUT2D eigenvalue weighted by atomic mass is 9.98. The molecular weight excluding hydrogens is 266 g/mol. The van der Waals surface area contributed by atoms with Gasteiger partial charge in [-0.2, -0.15) is 0 Å². The molecule has 0 saturated heterocycles. The molecule has 2 aromatic carbocycles. The molecule has 0 bridgehead atoms.